The minimum absolute atomic E-state index is 0.655. The van der Waals surface area contributed by atoms with Crippen molar-refractivity contribution in [3.8, 4) is 56.4 Å². The topological polar surface area (TPSA) is 38.7 Å². The Morgan fingerprint density at radius 3 is 1.27 bits per heavy atom. The molecule has 0 atom stereocenters. The highest BCUT2D eigenvalue weighted by Crippen LogP contribution is 2.30. The van der Waals surface area contributed by atoms with Gasteiger partial charge in [-0.15, -0.1) is 0 Å². The molecule has 0 aliphatic carbocycles. The third kappa shape index (κ3) is 4.92. The first-order valence-corrected chi connectivity index (χ1v) is 13.8. The Morgan fingerprint density at radius 1 is 0.341 bits per heavy atom. The van der Waals surface area contributed by atoms with E-state index in [0.717, 1.165) is 33.2 Å². The van der Waals surface area contributed by atoms with E-state index in [1.165, 1.54) is 22.0 Å². The van der Waals surface area contributed by atoms with E-state index < -0.39 is 0 Å². The highest BCUT2D eigenvalue weighted by Gasteiger charge is 2.15. The van der Waals surface area contributed by atoms with Crippen molar-refractivity contribution in [3.63, 3.8) is 0 Å². The van der Waals surface area contributed by atoms with Crippen LogP contribution < -0.4 is 5.46 Å². The van der Waals surface area contributed by atoms with Crippen LogP contribution in [0.25, 0.3) is 67.2 Å². The van der Waals surface area contributed by atoms with Crippen LogP contribution in [0, 0.1) is 0 Å². The fourth-order valence-electron chi connectivity index (χ4n) is 5.35. The second-order valence-corrected chi connectivity index (χ2v) is 10.2. The van der Waals surface area contributed by atoms with Gasteiger partial charge in [-0.3, -0.25) is 0 Å². The summed E-state index contributed by atoms with van der Waals surface area (Å²) in [7, 11) is 2.14. The molecule has 6 aromatic carbocycles. The van der Waals surface area contributed by atoms with Gasteiger partial charge in [0, 0.05) is 16.7 Å². The minimum Gasteiger partial charge on any atom is -0.208 e. The van der Waals surface area contributed by atoms with Crippen molar-refractivity contribution in [1.82, 2.24) is 15.0 Å². The Bertz CT molecular complexity index is 1860. The van der Waals surface area contributed by atoms with Crippen LogP contribution in [-0.2, 0) is 0 Å². The zero-order valence-corrected chi connectivity index (χ0v) is 22.7. The van der Waals surface area contributed by atoms with Crippen molar-refractivity contribution in [1.29, 1.82) is 0 Å². The maximum atomic E-state index is 5.04. The Morgan fingerprint density at radius 2 is 0.756 bits per heavy atom. The van der Waals surface area contributed by atoms with Crippen molar-refractivity contribution in [3.05, 3.63) is 146 Å². The molecule has 0 radical (unpaired) electrons. The number of nitrogens with zero attached hydrogens (tertiary/aromatic N) is 3. The molecular formula is C37H26BN3. The highest BCUT2D eigenvalue weighted by atomic mass is 15.0. The lowest BCUT2D eigenvalue weighted by molar-refractivity contribution is 1.08. The fourth-order valence-corrected chi connectivity index (χ4v) is 5.35. The predicted octanol–water partition coefficient (Wildman–Crippen LogP) is 7.62. The van der Waals surface area contributed by atoms with E-state index in [4.69, 9.17) is 15.0 Å². The Hall–Kier alpha value is -5.35. The van der Waals surface area contributed by atoms with Gasteiger partial charge in [0.2, 0.25) is 0 Å². The molecule has 7 aromatic rings. The summed E-state index contributed by atoms with van der Waals surface area (Å²) in [5.74, 6) is 1.98. The molecule has 0 fully saturated rings. The average Bonchev–Trinajstić information content (AvgIpc) is 3.05. The molecule has 192 valence electrons. The average molecular weight is 523 g/mol. The first kappa shape index (κ1) is 24.7. The lowest BCUT2D eigenvalue weighted by Gasteiger charge is -2.12. The van der Waals surface area contributed by atoms with Gasteiger partial charge >= 0.3 is 0 Å². The minimum atomic E-state index is 0.655. The molecular weight excluding hydrogens is 497 g/mol. The number of hydrogen-bond acceptors (Lipinski definition) is 3. The van der Waals surface area contributed by atoms with Gasteiger partial charge < -0.3 is 0 Å². The second kappa shape index (κ2) is 10.7. The summed E-state index contributed by atoms with van der Waals surface area (Å²) in [6.45, 7) is 0. The van der Waals surface area contributed by atoms with Gasteiger partial charge in [0.1, 0.15) is 7.85 Å². The molecule has 0 aliphatic rings. The van der Waals surface area contributed by atoms with E-state index in [2.05, 4.69) is 141 Å². The maximum Gasteiger partial charge on any atom is 0.164 e. The molecule has 0 saturated heterocycles. The molecule has 41 heavy (non-hydrogen) atoms. The number of rotatable bonds is 5. The molecule has 7 rings (SSSR count). The molecule has 1 heterocycles. The van der Waals surface area contributed by atoms with Crippen LogP contribution in [0.1, 0.15) is 0 Å². The molecule has 0 N–H and O–H groups in total. The summed E-state index contributed by atoms with van der Waals surface area (Å²) < 4.78 is 0. The first-order chi connectivity index (χ1) is 20.2. The van der Waals surface area contributed by atoms with Crippen molar-refractivity contribution in [2.45, 2.75) is 0 Å². The van der Waals surface area contributed by atoms with Crippen molar-refractivity contribution < 1.29 is 0 Å². The monoisotopic (exact) mass is 523 g/mol. The van der Waals surface area contributed by atoms with Crippen molar-refractivity contribution >= 4 is 24.1 Å². The summed E-state index contributed by atoms with van der Waals surface area (Å²) >= 11 is 0. The summed E-state index contributed by atoms with van der Waals surface area (Å²) in [5, 5.41) is 2.34. The molecule has 0 unspecified atom stereocenters. The summed E-state index contributed by atoms with van der Waals surface area (Å²) in [6.07, 6.45) is 0. The predicted molar refractivity (Wildman–Crippen MR) is 173 cm³/mol. The number of benzene rings is 6. The number of fused-ring (bicyclic) bond motifs is 1. The van der Waals surface area contributed by atoms with Gasteiger partial charge in [-0.25, -0.2) is 15.0 Å². The van der Waals surface area contributed by atoms with E-state index >= 15 is 0 Å². The molecule has 1 aromatic heterocycles. The van der Waals surface area contributed by atoms with Crippen molar-refractivity contribution in [2.24, 2.45) is 0 Å². The SMILES string of the molecule is Bc1cccc2cccc(-c3nc(-c4ccc(-c5ccccc5)cc4)nc(-c4ccc(-c5ccccc5)cc4)n3)c12. The smallest absolute Gasteiger partial charge is 0.164 e. The van der Waals surface area contributed by atoms with E-state index in [1.807, 2.05) is 12.1 Å². The Balaban J connectivity index is 1.37. The van der Waals surface area contributed by atoms with Gasteiger partial charge in [0.05, 0.1) is 0 Å². The van der Waals surface area contributed by atoms with Crippen LogP contribution >= 0.6 is 0 Å². The highest BCUT2D eigenvalue weighted by molar-refractivity contribution is 6.40. The van der Waals surface area contributed by atoms with Crippen LogP contribution in [0.15, 0.2) is 146 Å². The van der Waals surface area contributed by atoms with Crippen LogP contribution in [0.5, 0.6) is 0 Å². The quantitative estimate of drug-likeness (QED) is 0.218. The summed E-state index contributed by atoms with van der Waals surface area (Å²) in [5.41, 5.74) is 8.78. The van der Waals surface area contributed by atoms with E-state index in [0.29, 0.717) is 17.5 Å². The van der Waals surface area contributed by atoms with Crippen LogP contribution in [0.2, 0.25) is 0 Å². The molecule has 3 nitrogen and oxygen atoms in total. The summed E-state index contributed by atoms with van der Waals surface area (Å²) in [4.78, 5) is 15.1. The Kier molecular flexibility index (Phi) is 6.42. The third-order valence-electron chi connectivity index (χ3n) is 7.49. The van der Waals surface area contributed by atoms with Gasteiger partial charge in [0.15, 0.2) is 17.5 Å². The van der Waals surface area contributed by atoms with Crippen LogP contribution in [0.3, 0.4) is 0 Å². The van der Waals surface area contributed by atoms with E-state index in [-0.39, 0.29) is 0 Å². The van der Waals surface area contributed by atoms with E-state index in [9.17, 15) is 0 Å². The lowest BCUT2D eigenvalue weighted by Crippen LogP contribution is -2.06. The van der Waals surface area contributed by atoms with Gasteiger partial charge in [-0.1, -0.05) is 151 Å². The van der Waals surface area contributed by atoms with Crippen LogP contribution in [-0.4, -0.2) is 22.8 Å². The molecule has 0 spiro atoms. The second-order valence-electron chi connectivity index (χ2n) is 10.2. The lowest BCUT2D eigenvalue weighted by atomic mass is 9.87. The zero-order valence-electron chi connectivity index (χ0n) is 22.7. The Labute approximate surface area is 240 Å². The molecule has 0 saturated carbocycles. The third-order valence-corrected chi connectivity index (χ3v) is 7.49. The largest absolute Gasteiger partial charge is 0.208 e. The standard InChI is InChI=1S/C37H26BN3/c38-33-16-8-14-29-13-7-15-32(34(29)33)37-40-35(30-21-17-27(18-22-30)25-9-3-1-4-10-25)39-36(41-37)31-23-19-28(20-24-31)26-11-5-2-6-12-26/h1-24H,38H2. The number of hydrogen-bond donors (Lipinski definition) is 0. The van der Waals surface area contributed by atoms with Crippen molar-refractivity contribution in [2.75, 3.05) is 0 Å². The molecule has 0 amide bonds. The molecule has 0 aliphatic heterocycles. The van der Waals surface area contributed by atoms with Crippen LogP contribution in [0.4, 0.5) is 0 Å². The maximum absolute atomic E-state index is 5.04. The summed E-state index contributed by atoms with van der Waals surface area (Å²) in [6, 6.07) is 50.4. The molecule has 0 bridgehead atoms. The molecule has 4 heteroatoms. The first-order valence-electron chi connectivity index (χ1n) is 13.8. The normalized spacial score (nSPS) is 11.0. The number of aromatic nitrogens is 3. The zero-order chi connectivity index (χ0) is 27.6. The van der Waals surface area contributed by atoms with E-state index in [1.54, 1.807) is 0 Å². The van der Waals surface area contributed by atoms with Gasteiger partial charge in [0.25, 0.3) is 0 Å². The van der Waals surface area contributed by atoms with Gasteiger partial charge in [-0.2, -0.15) is 0 Å². The van der Waals surface area contributed by atoms with Gasteiger partial charge in [-0.05, 0) is 33.0 Å². The fraction of sp³-hybridized carbons (Fsp3) is 0.